The van der Waals surface area contributed by atoms with Crippen LogP contribution >= 0.6 is 31.9 Å². The van der Waals surface area contributed by atoms with Gasteiger partial charge in [0.1, 0.15) is 12.4 Å². The molecule has 0 aromatic heterocycles. The first-order valence-electron chi connectivity index (χ1n) is 5.03. The minimum Gasteiger partial charge on any atom is -0.487 e. The third-order valence-electron chi connectivity index (χ3n) is 2.04. The Bertz CT molecular complexity index is 454. The van der Waals surface area contributed by atoms with Crippen molar-refractivity contribution < 1.29 is 9.66 Å². The molecule has 98 valence electrons. The van der Waals surface area contributed by atoms with Crippen molar-refractivity contribution >= 4 is 37.5 Å². The summed E-state index contributed by atoms with van der Waals surface area (Å²) in [6.07, 6.45) is 0. The molecule has 0 radical (unpaired) electrons. The van der Waals surface area contributed by atoms with Crippen LogP contribution in [0.25, 0.3) is 0 Å². The molecule has 0 heterocycles. The van der Waals surface area contributed by atoms with Gasteiger partial charge in [-0.1, -0.05) is 6.58 Å². The Balaban J connectivity index is 2.84. The van der Waals surface area contributed by atoms with E-state index in [2.05, 4.69) is 43.8 Å². The highest BCUT2D eigenvalue weighted by Crippen LogP contribution is 2.37. The molecule has 0 aliphatic heterocycles. The van der Waals surface area contributed by atoms with Crippen molar-refractivity contribution in [3.05, 3.63) is 43.3 Å². The first-order valence-corrected chi connectivity index (χ1v) is 6.61. The van der Waals surface area contributed by atoms with E-state index >= 15 is 0 Å². The lowest BCUT2D eigenvalue weighted by atomic mass is 10.3. The fraction of sp³-hybridized carbons (Fsp3) is 0.273. The molecular weight excluding hydrogens is 368 g/mol. The Kier molecular flexibility index (Phi) is 5.77. The Labute approximate surface area is 122 Å². The molecule has 1 aromatic carbocycles. The average Bonchev–Trinajstić information content (AvgIpc) is 2.27. The molecule has 0 atom stereocenters. The van der Waals surface area contributed by atoms with E-state index < -0.39 is 4.92 Å². The third kappa shape index (κ3) is 4.08. The number of hydrogen-bond acceptors (Lipinski definition) is 4. The number of nitrogens with zero attached hydrogens (tertiary/aromatic N) is 1. The number of benzene rings is 1. The zero-order chi connectivity index (χ0) is 13.7. The maximum absolute atomic E-state index is 10.7. The van der Waals surface area contributed by atoms with E-state index in [1.807, 2.05) is 7.05 Å². The number of nitrogens with one attached hydrogen (secondary N) is 1. The summed E-state index contributed by atoms with van der Waals surface area (Å²) in [5, 5.41) is 13.6. The van der Waals surface area contributed by atoms with E-state index in [1.165, 1.54) is 12.1 Å². The van der Waals surface area contributed by atoms with Crippen LogP contribution in [-0.2, 0) is 0 Å². The minimum absolute atomic E-state index is 0.00449. The number of rotatable bonds is 6. The quantitative estimate of drug-likeness (QED) is 0.468. The molecule has 0 amide bonds. The van der Waals surface area contributed by atoms with Gasteiger partial charge in [-0.05, 0) is 44.5 Å². The van der Waals surface area contributed by atoms with Crippen molar-refractivity contribution in [1.82, 2.24) is 5.32 Å². The predicted octanol–water partition coefficient (Wildman–Crippen LogP) is 3.27. The molecule has 0 aliphatic carbocycles. The molecular formula is C11H12Br2N2O3. The Hall–Kier alpha value is -0.920. The van der Waals surface area contributed by atoms with Gasteiger partial charge in [-0.25, -0.2) is 0 Å². The monoisotopic (exact) mass is 378 g/mol. The van der Waals surface area contributed by atoms with Gasteiger partial charge in [0, 0.05) is 18.7 Å². The van der Waals surface area contributed by atoms with Gasteiger partial charge in [0.25, 0.3) is 5.69 Å². The molecule has 1 N–H and O–H groups in total. The SMILES string of the molecule is C=C(CNC)COc1c(Br)cc([N+](=O)[O-])cc1Br. The topological polar surface area (TPSA) is 64.4 Å². The van der Waals surface area contributed by atoms with Crippen LogP contribution in [-0.4, -0.2) is 25.1 Å². The first-order chi connectivity index (χ1) is 8.45. The van der Waals surface area contributed by atoms with Gasteiger partial charge < -0.3 is 10.1 Å². The number of likely N-dealkylation sites (N-methyl/N-ethyl adjacent to an activating group) is 1. The van der Waals surface area contributed by atoms with Crippen LogP contribution in [0.3, 0.4) is 0 Å². The molecule has 1 aromatic rings. The van der Waals surface area contributed by atoms with E-state index in [4.69, 9.17) is 4.74 Å². The molecule has 1 rings (SSSR count). The summed E-state index contributed by atoms with van der Waals surface area (Å²) in [5.74, 6) is 0.526. The molecule has 0 unspecified atom stereocenters. The number of non-ortho nitro benzene ring substituents is 1. The molecule has 0 saturated carbocycles. The van der Waals surface area contributed by atoms with Crippen molar-refractivity contribution in [3.8, 4) is 5.75 Å². The van der Waals surface area contributed by atoms with Crippen molar-refractivity contribution in [2.45, 2.75) is 0 Å². The fourth-order valence-corrected chi connectivity index (χ4v) is 2.66. The lowest BCUT2D eigenvalue weighted by Crippen LogP contribution is -2.14. The highest BCUT2D eigenvalue weighted by Gasteiger charge is 2.15. The van der Waals surface area contributed by atoms with Crippen LogP contribution in [0.4, 0.5) is 5.69 Å². The summed E-state index contributed by atoms with van der Waals surface area (Å²) in [6.45, 7) is 4.84. The second kappa shape index (κ2) is 6.86. The molecule has 0 spiro atoms. The van der Waals surface area contributed by atoms with Crippen LogP contribution in [0.1, 0.15) is 0 Å². The van der Waals surface area contributed by atoms with Gasteiger partial charge in [-0.15, -0.1) is 0 Å². The van der Waals surface area contributed by atoms with Crippen molar-refractivity contribution in [3.63, 3.8) is 0 Å². The van der Waals surface area contributed by atoms with Crippen molar-refractivity contribution in [2.24, 2.45) is 0 Å². The second-order valence-electron chi connectivity index (χ2n) is 3.56. The van der Waals surface area contributed by atoms with Gasteiger partial charge in [-0.3, -0.25) is 10.1 Å². The Morgan fingerprint density at radius 3 is 2.50 bits per heavy atom. The van der Waals surface area contributed by atoms with Gasteiger partial charge in [0.2, 0.25) is 0 Å². The van der Waals surface area contributed by atoms with Crippen molar-refractivity contribution in [2.75, 3.05) is 20.2 Å². The van der Waals surface area contributed by atoms with E-state index in [0.717, 1.165) is 5.57 Å². The number of halogens is 2. The highest BCUT2D eigenvalue weighted by molar-refractivity contribution is 9.11. The lowest BCUT2D eigenvalue weighted by Gasteiger charge is -2.11. The van der Waals surface area contributed by atoms with Crippen LogP contribution in [0.5, 0.6) is 5.75 Å². The third-order valence-corrected chi connectivity index (χ3v) is 3.22. The summed E-state index contributed by atoms with van der Waals surface area (Å²) in [4.78, 5) is 10.2. The molecule has 5 nitrogen and oxygen atoms in total. The number of nitro groups is 1. The van der Waals surface area contributed by atoms with Gasteiger partial charge in [0.15, 0.2) is 0 Å². The Morgan fingerprint density at radius 1 is 1.50 bits per heavy atom. The van der Waals surface area contributed by atoms with Crippen LogP contribution in [0.15, 0.2) is 33.2 Å². The van der Waals surface area contributed by atoms with Crippen LogP contribution in [0.2, 0.25) is 0 Å². The molecule has 7 heteroatoms. The first kappa shape index (κ1) is 15.1. The van der Waals surface area contributed by atoms with E-state index in [0.29, 0.717) is 27.8 Å². The van der Waals surface area contributed by atoms with Crippen LogP contribution < -0.4 is 10.1 Å². The van der Waals surface area contributed by atoms with E-state index in [-0.39, 0.29) is 5.69 Å². The summed E-state index contributed by atoms with van der Waals surface area (Å²) in [5.41, 5.74) is 0.879. The van der Waals surface area contributed by atoms with E-state index in [9.17, 15) is 10.1 Å². The molecule has 18 heavy (non-hydrogen) atoms. The van der Waals surface area contributed by atoms with Crippen molar-refractivity contribution in [1.29, 1.82) is 0 Å². The number of nitro benzene ring substituents is 1. The molecule has 0 fully saturated rings. The summed E-state index contributed by atoms with van der Waals surface area (Å²) in [7, 11) is 1.82. The largest absolute Gasteiger partial charge is 0.487 e. The molecule has 0 saturated heterocycles. The van der Waals surface area contributed by atoms with Gasteiger partial charge >= 0.3 is 0 Å². The highest BCUT2D eigenvalue weighted by atomic mass is 79.9. The smallest absolute Gasteiger partial charge is 0.271 e. The number of hydrogen-bond donors (Lipinski definition) is 1. The summed E-state index contributed by atoms with van der Waals surface area (Å²) < 4.78 is 6.62. The van der Waals surface area contributed by atoms with Gasteiger partial charge in [-0.2, -0.15) is 0 Å². The second-order valence-corrected chi connectivity index (χ2v) is 5.27. The predicted molar refractivity (Wildman–Crippen MR) is 77.1 cm³/mol. The van der Waals surface area contributed by atoms with E-state index in [1.54, 1.807) is 0 Å². The maximum atomic E-state index is 10.7. The fourth-order valence-electron chi connectivity index (χ4n) is 1.27. The molecule has 0 bridgehead atoms. The Morgan fingerprint density at radius 2 is 2.06 bits per heavy atom. The number of ether oxygens (including phenoxy) is 1. The zero-order valence-electron chi connectivity index (χ0n) is 9.70. The summed E-state index contributed by atoms with van der Waals surface area (Å²) >= 11 is 6.50. The molecule has 0 aliphatic rings. The maximum Gasteiger partial charge on any atom is 0.271 e. The lowest BCUT2D eigenvalue weighted by molar-refractivity contribution is -0.385. The van der Waals surface area contributed by atoms with Gasteiger partial charge in [0.05, 0.1) is 13.9 Å². The zero-order valence-corrected chi connectivity index (χ0v) is 12.9. The average molecular weight is 380 g/mol. The van der Waals surface area contributed by atoms with Crippen LogP contribution in [0, 0.1) is 10.1 Å². The standard InChI is InChI=1S/C11H12Br2N2O3/c1-7(5-14-2)6-18-11-9(12)3-8(15(16)17)4-10(11)13/h3-4,14H,1,5-6H2,2H3. The summed E-state index contributed by atoms with van der Waals surface area (Å²) in [6, 6.07) is 2.81. The minimum atomic E-state index is -0.459. The normalized spacial score (nSPS) is 10.2.